The van der Waals surface area contributed by atoms with E-state index in [0.717, 1.165) is 0 Å². The van der Waals surface area contributed by atoms with E-state index in [1.165, 1.54) is 16.4 Å². The number of nitrogens with zero attached hydrogens (tertiary/aromatic N) is 1. The Kier molecular flexibility index (Phi) is 3.41. The highest BCUT2D eigenvalue weighted by Crippen LogP contribution is 2.28. The van der Waals surface area contributed by atoms with Crippen LogP contribution in [0.3, 0.4) is 0 Å². The van der Waals surface area contributed by atoms with Crippen LogP contribution in [0.2, 0.25) is 0 Å². The minimum Gasteiger partial charge on any atom is -0.481 e. The van der Waals surface area contributed by atoms with E-state index in [-0.39, 0.29) is 23.9 Å². The number of carbonyl (C=O) groups is 1. The first-order valence-electron chi connectivity index (χ1n) is 5.71. The first-order valence-corrected chi connectivity index (χ1v) is 7.15. The molecule has 0 amide bonds. The Hall–Kier alpha value is -1.40. The molecule has 2 atom stereocenters. The van der Waals surface area contributed by atoms with E-state index in [1.54, 1.807) is 25.1 Å². The number of sulfonamides is 1. The third kappa shape index (κ3) is 2.26. The van der Waals surface area contributed by atoms with Gasteiger partial charge in [-0.05, 0) is 18.1 Å². The molecule has 1 aliphatic rings. The molecular formula is C12H15NO4S. The summed E-state index contributed by atoms with van der Waals surface area (Å²) in [5.74, 6) is -1.72. The zero-order chi connectivity index (χ0) is 13.3. The Labute approximate surface area is 106 Å². The molecule has 1 aromatic carbocycles. The third-order valence-corrected chi connectivity index (χ3v) is 5.12. The molecule has 0 unspecified atom stereocenters. The molecule has 1 aromatic rings. The second kappa shape index (κ2) is 4.70. The molecule has 18 heavy (non-hydrogen) atoms. The van der Waals surface area contributed by atoms with Crippen LogP contribution in [-0.2, 0) is 14.8 Å². The Morgan fingerprint density at radius 1 is 1.28 bits per heavy atom. The van der Waals surface area contributed by atoms with Crippen LogP contribution in [0, 0.1) is 11.8 Å². The maximum atomic E-state index is 12.3. The molecule has 1 aliphatic heterocycles. The number of hydrogen-bond acceptors (Lipinski definition) is 3. The number of aliphatic carboxylic acids is 1. The van der Waals surface area contributed by atoms with Crippen molar-refractivity contribution in [3.05, 3.63) is 30.3 Å². The van der Waals surface area contributed by atoms with Crippen molar-refractivity contribution in [3.63, 3.8) is 0 Å². The highest BCUT2D eigenvalue weighted by molar-refractivity contribution is 7.89. The van der Waals surface area contributed by atoms with Gasteiger partial charge in [-0.15, -0.1) is 0 Å². The van der Waals surface area contributed by atoms with E-state index in [0.29, 0.717) is 0 Å². The molecule has 98 valence electrons. The largest absolute Gasteiger partial charge is 0.481 e. The van der Waals surface area contributed by atoms with Crippen LogP contribution < -0.4 is 0 Å². The van der Waals surface area contributed by atoms with E-state index < -0.39 is 21.9 Å². The lowest BCUT2D eigenvalue weighted by molar-refractivity contribution is -0.142. The second-order valence-corrected chi connectivity index (χ2v) is 6.50. The third-order valence-electron chi connectivity index (χ3n) is 3.28. The fraction of sp³-hybridized carbons (Fsp3) is 0.417. The van der Waals surface area contributed by atoms with Crippen molar-refractivity contribution < 1.29 is 18.3 Å². The molecule has 0 aliphatic carbocycles. The topological polar surface area (TPSA) is 74.7 Å². The minimum absolute atomic E-state index is 0.0493. The van der Waals surface area contributed by atoms with Crippen LogP contribution in [0.25, 0.3) is 0 Å². The predicted molar refractivity (Wildman–Crippen MR) is 65.5 cm³/mol. The lowest BCUT2D eigenvalue weighted by Gasteiger charge is -2.15. The van der Waals surface area contributed by atoms with Crippen molar-refractivity contribution in [2.45, 2.75) is 11.8 Å². The zero-order valence-electron chi connectivity index (χ0n) is 9.98. The minimum atomic E-state index is -3.57. The van der Waals surface area contributed by atoms with Crippen LogP contribution >= 0.6 is 0 Å². The lowest BCUT2D eigenvalue weighted by Crippen LogP contribution is -2.30. The predicted octanol–water partition coefficient (Wildman–Crippen LogP) is 1.03. The fourth-order valence-electron chi connectivity index (χ4n) is 2.18. The normalized spacial score (nSPS) is 25.2. The molecule has 0 bridgehead atoms. The number of benzene rings is 1. The van der Waals surface area contributed by atoms with Gasteiger partial charge in [0.2, 0.25) is 10.0 Å². The van der Waals surface area contributed by atoms with Gasteiger partial charge >= 0.3 is 5.97 Å². The van der Waals surface area contributed by atoms with Crippen LogP contribution in [0.1, 0.15) is 6.92 Å². The summed E-state index contributed by atoms with van der Waals surface area (Å²) in [7, 11) is -3.57. The summed E-state index contributed by atoms with van der Waals surface area (Å²) in [6, 6.07) is 8.09. The van der Waals surface area contributed by atoms with E-state index in [1.807, 2.05) is 0 Å². The van der Waals surface area contributed by atoms with Gasteiger partial charge in [0.25, 0.3) is 0 Å². The molecule has 1 N–H and O–H groups in total. The van der Waals surface area contributed by atoms with Gasteiger partial charge in [-0.3, -0.25) is 4.79 Å². The first-order chi connectivity index (χ1) is 8.43. The average Bonchev–Trinajstić information content (AvgIpc) is 2.73. The molecule has 1 saturated heterocycles. The Morgan fingerprint density at radius 2 is 1.89 bits per heavy atom. The van der Waals surface area contributed by atoms with Crippen LogP contribution in [0.4, 0.5) is 0 Å². The Bertz CT molecular complexity index is 540. The summed E-state index contributed by atoms with van der Waals surface area (Å²) in [5.41, 5.74) is 0. The fourth-order valence-corrected chi connectivity index (χ4v) is 3.77. The van der Waals surface area contributed by atoms with Crippen LogP contribution in [-0.4, -0.2) is 36.9 Å². The standard InChI is InChI=1S/C12H15NO4S/c1-9-7-13(8-11(9)12(14)15)18(16,17)10-5-3-2-4-6-10/h2-6,9,11H,7-8H2,1H3,(H,14,15)/t9-,11-/m1/s1. The molecule has 1 fully saturated rings. The molecule has 0 spiro atoms. The molecular weight excluding hydrogens is 254 g/mol. The monoisotopic (exact) mass is 269 g/mol. The smallest absolute Gasteiger partial charge is 0.308 e. The summed E-state index contributed by atoms with van der Waals surface area (Å²) in [5, 5.41) is 9.02. The first kappa shape index (κ1) is 13.0. The van der Waals surface area contributed by atoms with Gasteiger partial charge in [0, 0.05) is 13.1 Å². The van der Waals surface area contributed by atoms with Crippen molar-refractivity contribution in [2.75, 3.05) is 13.1 Å². The number of carboxylic acids is 1. The zero-order valence-corrected chi connectivity index (χ0v) is 10.8. The molecule has 5 nitrogen and oxygen atoms in total. The molecule has 0 saturated carbocycles. The van der Waals surface area contributed by atoms with Gasteiger partial charge in [-0.25, -0.2) is 8.42 Å². The van der Waals surface area contributed by atoms with Crippen molar-refractivity contribution >= 4 is 16.0 Å². The average molecular weight is 269 g/mol. The highest BCUT2D eigenvalue weighted by atomic mass is 32.2. The number of carboxylic acid groups (broad SMARTS) is 1. The summed E-state index contributed by atoms with van der Waals surface area (Å²) < 4.78 is 25.8. The van der Waals surface area contributed by atoms with E-state index in [9.17, 15) is 13.2 Å². The van der Waals surface area contributed by atoms with Crippen LogP contribution in [0.5, 0.6) is 0 Å². The molecule has 2 rings (SSSR count). The van der Waals surface area contributed by atoms with Gasteiger partial charge in [0.05, 0.1) is 10.8 Å². The van der Waals surface area contributed by atoms with Gasteiger partial charge in [0.1, 0.15) is 0 Å². The number of hydrogen-bond donors (Lipinski definition) is 1. The molecule has 0 aromatic heterocycles. The highest BCUT2D eigenvalue weighted by Gasteiger charge is 2.40. The van der Waals surface area contributed by atoms with E-state index in [2.05, 4.69) is 0 Å². The van der Waals surface area contributed by atoms with Crippen molar-refractivity contribution in [3.8, 4) is 0 Å². The summed E-state index contributed by atoms with van der Waals surface area (Å²) >= 11 is 0. The quantitative estimate of drug-likeness (QED) is 0.889. The van der Waals surface area contributed by atoms with Crippen molar-refractivity contribution in [2.24, 2.45) is 11.8 Å². The van der Waals surface area contributed by atoms with Gasteiger partial charge in [0.15, 0.2) is 0 Å². The Morgan fingerprint density at radius 3 is 2.39 bits per heavy atom. The SMILES string of the molecule is C[C@@H]1CN(S(=O)(=O)c2ccccc2)C[C@H]1C(=O)O. The number of rotatable bonds is 3. The maximum absolute atomic E-state index is 12.3. The Balaban J connectivity index is 2.26. The van der Waals surface area contributed by atoms with Crippen molar-refractivity contribution in [1.29, 1.82) is 0 Å². The van der Waals surface area contributed by atoms with E-state index in [4.69, 9.17) is 5.11 Å². The molecule has 0 radical (unpaired) electrons. The van der Waals surface area contributed by atoms with Gasteiger partial charge < -0.3 is 5.11 Å². The second-order valence-electron chi connectivity index (χ2n) is 4.56. The van der Waals surface area contributed by atoms with E-state index >= 15 is 0 Å². The van der Waals surface area contributed by atoms with Gasteiger partial charge in [-0.1, -0.05) is 25.1 Å². The summed E-state index contributed by atoms with van der Waals surface area (Å²) in [6.45, 7) is 2.07. The summed E-state index contributed by atoms with van der Waals surface area (Å²) in [6.07, 6.45) is 0. The molecule has 1 heterocycles. The van der Waals surface area contributed by atoms with Gasteiger partial charge in [-0.2, -0.15) is 4.31 Å². The van der Waals surface area contributed by atoms with Crippen molar-refractivity contribution in [1.82, 2.24) is 4.31 Å². The van der Waals surface area contributed by atoms with Crippen LogP contribution in [0.15, 0.2) is 35.2 Å². The lowest BCUT2D eigenvalue weighted by atomic mass is 9.99. The molecule has 6 heteroatoms. The maximum Gasteiger partial charge on any atom is 0.308 e. The summed E-state index contributed by atoms with van der Waals surface area (Å²) in [4.78, 5) is 11.2.